The molecule has 1 aromatic heterocycles. The lowest BCUT2D eigenvalue weighted by atomic mass is 9.88. The highest BCUT2D eigenvalue weighted by Gasteiger charge is 2.59. The number of nitrogens with zero attached hydrogens (tertiary/aromatic N) is 2. The molecule has 0 spiro atoms. The van der Waals surface area contributed by atoms with Crippen molar-refractivity contribution in [1.82, 2.24) is 20.2 Å². The quantitative estimate of drug-likeness (QED) is 0.0573. The zero-order chi connectivity index (χ0) is 44.2. The Bertz CT molecular complexity index is 2290. The van der Waals surface area contributed by atoms with E-state index < -0.39 is 125 Å². The van der Waals surface area contributed by atoms with Crippen LogP contribution < -0.4 is 22.1 Å². The van der Waals surface area contributed by atoms with Crippen LogP contribution in [0.25, 0.3) is 0 Å². The van der Waals surface area contributed by atoms with Crippen molar-refractivity contribution in [2.24, 2.45) is 0 Å². The van der Waals surface area contributed by atoms with E-state index in [1.165, 1.54) is 6.07 Å². The summed E-state index contributed by atoms with van der Waals surface area (Å²) in [4.78, 5) is 65.2. The Balaban J connectivity index is 1.11. The summed E-state index contributed by atoms with van der Waals surface area (Å²) in [6.45, 7) is -3.04. The van der Waals surface area contributed by atoms with Crippen molar-refractivity contribution in [3.05, 3.63) is 93.5 Å². The van der Waals surface area contributed by atoms with Crippen LogP contribution in [0, 0.1) is 11.8 Å². The molecule has 3 aliphatic rings. The number of carboxylic acids is 1. The molecule has 2 aromatic carbocycles. The number of aliphatic hydroxyl groups is 6. The number of carbonyl (C=O) groups excluding carboxylic acids is 2. The number of hydrogen-bond acceptors (Lipinski definition) is 18. The first-order valence-corrected chi connectivity index (χ1v) is 19.9. The van der Waals surface area contributed by atoms with E-state index in [0.29, 0.717) is 11.1 Å². The number of nitrogen functional groups attached to an aromatic ring is 1. The van der Waals surface area contributed by atoms with E-state index in [1.54, 1.807) is 30.3 Å². The van der Waals surface area contributed by atoms with Gasteiger partial charge in [0, 0.05) is 35.7 Å². The van der Waals surface area contributed by atoms with Crippen LogP contribution in [0.1, 0.15) is 41.0 Å². The number of fused-ring (bicyclic) bond motifs is 2. The number of nitrogens with one attached hydrogen (secondary N) is 2. The van der Waals surface area contributed by atoms with E-state index in [9.17, 15) is 64.4 Å². The van der Waals surface area contributed by atoms with Gasteiger partial charge in [0.1, 0.15) is 55.1 Å². The van der Waals surface area contributed by atoms with E-state index >= 15 is 0 Å². The number of amides is 2. The second-order valence-electron chi connectivity index (χ2n) is 14.1. The van der Waals surface area contributed by atoms with Crippen molar-refractivity contribution in [3.8, 4) is 11.8 Å². The molecule has 2 aliphatic heterocycles. The number of phosphoric acid groups is 1. The fourth-order valence-electron chi connectivity index (χ4n) is 6.90. The molecule has 6 rings (SSSR count). The first-order chi connectivity index (χ1) is 28.9. The molecule has 3 aromatic rings. The first kappa shape index (κ1) is 45.2. The molecule has 61 heavy (non-hydrogen) atoms. The third-order valence-corrected chi connectivity index (χ3v) is 11.0. The normalized spacial score (nSPS) is 28.8. The molecule has 12 atom stereocenters. The smallest absolute Gasteiger partial charge is 0.475 e. The fourth-order valence-corrected chi connectivity index (χ4v) is 7.86. The van der Waals surface area contributed by atoms with Gasteiger partial charge >= 0.3 is 25.6 Å². The van der Waals surface area contributed by atoms with Crippen LogP contribution in [-0.2, 0) is 43.8 Å². The van der Waals surface area contributed by atoms with Crippen molar-refractivity contribution in [3.63, 3.8) is 0 Å². The van der Waals surface area contributed by atoms with Gasteiger partial charge in [-0.05, 0) is 23.8 Å². The van der Waals surface area contributed by atoms with E-state index in [0.717, 1.165) is 21.9 Å². The van der Waals surface area contributed by atoms with Crippen LogP contribution in [0.4, 0.5) is 10.6 Å². The molecule has 1 aliphatic carbocycles. The summed E-state index contributed by atoms with van der Waals surface area (Å²) < 4.78 is 40.3. The molecule has 2 saturated heterocycles. The Morgan fingerprint density at radius 1 is 1.05 bits per heavy atom. The zero-order valence-electron chi connectivity index (χ0n) is 31.7. The molecule has 3 heterocycles. The van der Waals surface area contributed by atoms with Gasteiger partial charge in [-0.25, -0.2) is 23.5 Å². The minimum atomic E-state index is -5.67. The first-order valence-electron chi connectivity index (χ1n) is 18.4. The molecular weight excluding hydrogens is 833 g/mol. The molecule has 0 bridgehead atoms. The highest BCUT2D eigenvalue weighted by molar-refractivity contribution is 7.47. The number of benzene rings is 2. The molecule has 2 fully saturated rings. The Kier molecular flexibility index (Phi) is 13.9. The van der Waals surface area contributed by atoms with Gasteiger partial charge in [-0.2, -0.15) is 4.98 Å². The fraction of sp³-hybridized carbons (Fsp3) is 0.432. The number of nitrogens with two attached hydrogens (primary N) is 1. The summed E-state index contributed by atoms with van der Waals surface area (Å²) in [5.74, 6) is -0.556. The summed E-state index contributed by atoms with van der Waals surface area (Å²) in [6.07, 6.45) is -17.3. The lowest BCUT2D eigenvalue weighted by Gasteiger charge is -2.46. The van der Waals surface area contributed by atoms with E-state index in [4.69, 9.17) is 29.0 Å². The number of aliphatic carboxylic acids is 1. The SMILES string of the molecule is Nc1ccn([C@@H]2O[C@H](COP(=O)(O)OC3(C(=O)O)CC(O)C(NC(=O)CNC(=O)OC4Cc5ccccc5C#Cc5ccccc54)C([C@H](O)[C@H](O)CO)O3)[C@H](O)[C@@H]2O)c(=O)n1. The van der Waals surface area contributed by atoms with Crippen LogP contribution in [0.3, 0.4) is 0 Å². The van der Waals surface area contributed by atoms with E-state index in [-0.39, 0.29) is 12.2 Å². The average molecular weight is 876 g/mol. The van der Waals surface area contributed by atoms with Crippen LogP contribution in [0.5, 0.6) is 0 Å². The maximum absolute atomic E-state index is 13.2. The number of hydrogen-bond donors (Lipinski definition) is 11. The van der Waals surface area contributed by atoms with Gasteiger partial charge in [-0.15, -0.1) is 0 Å². The summed E-state index contributed by atoms with van der Waals surface area (Å²) in [7, 11) is -5.67. The zero-order valence-corrected chi connectivity index (χ0v) is 32.6. The Labute approximate surface area is 344 Å². The summed E-state index contributed by atoms with van der Waals surface area (Å²) >= 11 is 0. The molecule has 12 N–H and O–H groups in total. The predicted octanol–water partition coefficient (Wildman–Crippen LogP) is -2.87. The number of ether oxygens (including phenoxy) is 3. The van der Waals surface area contributed by atoms with Gasteiger partial charge in [-0.3, -0.25) is 13.9 Å². The average Bonchev–Trinajstić information content (AvgIpc) is 3.49. The molecular formula is C37H42N5O18P. The molecule has 24 heteroatoms. The summed E-state index contributed by atoms with van der Waals surface area (Å²) in [5.41, 5.74) is 7.24. The number of alkyl carbamates (subject to hydrolysis) is 1. The van der Waals surface area contributed by atoms with Crippen molar-refractivity contribution in [2.45, 2.75) is 79.7 Å². The molecule has 2 amide bonds. The van der Waals surface area contributed by atoms with Crippen molar-refractivity contribution in [1.29, 1.82) is 0 Å². The Morgan fingerprint density at radius 3 is 2.44 bits per heavy atom. The molecule has 328 valence electrons. The van der Waals surface area contributed by atoms with E-state index in [1.807, 2.05) is 18.2 Å². The highest BCUT2D eigenvalue weighted by atomic mass is 31.2. The third-order valence-electron chi connectivity index (χ3n) is 9.98. The molecule has 23 nitrogen and oxygen atoms in total. The summed E-state index contributed by atoms with van der Waals surface area (Å²) in [5, 5.41) is 77.6. The lowest BCUT2D eigenvalue weighted by Crippen LogP contribution is -2.68. The van der Waals surface area contributed by atoms with Gasteiger partial charge in [0.05, 0.1) is 25.4 Å². The van der Waals surface area contributed by atoms with Crippen LogP contribution in [-0.4, -0.2) is 142 Å². The monoisotopic (exact) mass is 875 g/mol. The number of carboxylic acid groups (broad SMARTS) is 1. The molecule has 0 radical (unpaired) electrons. The number of rotatable bonds is 14. The van der Waals surface area contributed by atoms with Gasteiger partial charge in [0.2, 0.25) is 5.91 Å². The lowest BCUT2D eigenvalue weighted by molar-refractivity contribution is -0.289. The highest BCUT2D eigenvalue weighted by Crippen LogP contribution is 2.51. The number of aromatic nitrogens is 2. The van der Waals surface area contributed by atoms with Crippen LogP contribution >= 0.6 is 7.82 Å². The van der Waals surface area contributed by atoms with Gasteiger partial charge in [0.15, 0.2) is 6.23 Å². The standard InChI is InChI=1S/C37H42N5O18P/c38-26-11-12-42(35(52)40-26)33-31(49)30(48)25(57-33)17-56-61(54,55)60-37(34(50)51)14-22(44)28(32(59-37)29(47)23(45)16-43)41-27(46)15-39-36(53)58-24-13-20-7-2-1-5-18(20)9-10-19-6-3-4-8-21(19)24/h1-8,11-12,22-25,28-33,43-45,47-49H,13-17H2,(H,39,53)(H,41,46)(H,50,51)(H,54,55)(H2,38,40,52)/t22?,23-,24?,25-,28?,29-,30+,31+,32?,33-,37?/m1/s1. The van der Waals surface area contributed by atoms with Crippen molar-refractivity contribution in [2.75, 3.05) is 25.5 Å². The second kappa shape index (κ2) is 18.7. The maximum Gasteiger partial charge on any atom is 0.475 e. The van der Waals surface area contributed by atoms with Crippen molar-refractivity contribution >= 4 is 31.6 Å². The van der Waals surface area contributed by atoms with Gasteiger partial charge < -0.3 is 71.2 Å². The minimum absolute atomic E-state index is 0.158. The van der Waals surface area contributed by atoms with Crippen LogP contribution in [0.15, 0.2) is 65.6 Å². The summed E-state index contributed by atoms with van der Waals surface area (Å²) in [6, 6.07) is 13.7. The van der Waals surface area contributed by atoms with Crippen molar-refractivity contribution < 1.29 is 82.8 Å². The van der Waals surface area contributed by atoms with E-state index in [2.05, 4.69) is 27.5 Å². The maximum atomic E-state index is 13.2. The number of phosphoric ester groups is 1. The number of carbonyl (C=O) groups is 3. The minimum Gasteiger partial charge on any atom is -0.477 e. The predicted molar refractivity (Wildman–Crippen MR) is 202 cm³/mol. The molecule has 6 unspecified atom stereocenters. The number of anilines is 1. The van der Waals surface area contributed by atoms with Gasteiger partial charge in [-0.1, -0.05) is 48.2 Å². The Hall–Kier alpha value is -5.32. The topological polar surface area (TPSA) is 361 Å². The largest absolute Gasteiger partial charge is 0.477 e. The number of aliphatic hydroxyl groups excluding tert-OH is 6. The third kappa shape index (κ3) is 10.2. The second-order valence-corrected chi connectivity index (χ2v) is 15.5. The van der Waals surface area contributed by atoms with Gasteiger partial charge in [0.25, 0.3) is 5.79 Å². The molecule has 0 saturated carbocycles. The van der Waals surface area contributed by atoms with Crippen LogP contribution in [0.2, 0.25) is 0 Å². The Morgan fingerprint density at radius 2 is 1.74 bits per heavy atom.